The van der Waals surface area contributed by atoms with Crippen LogP contribution in [0.2, 0.25) is -0.511 Å². The van der Waals surface area contributed by atoms with Crippen molar-refractivity contribution in [1.82, 2.24) is 0 Å². The number of hydrogen-bond donors (Lipinski definition) is 0. The van der Waals surface area contributed by atoms with Gasteiger partial charge in [-0.2, -0.15) is 0 Å². The van der Waals surface area contributed by atoms with Crippen LogP contribution in [0, 0.1) is 0 Å². The van der Waals surface area contributed by atoms with E-state index in [9.17, 15) is 0 Å². The van der Waals surface area contributed by atoms with Gasteiger partial charge in [-0.05, 0) is 0 Å². The summed E-state index contributed by atoms with van der Waals surface area (Å²) >= 11 is 0.973. The Hall–Kier alpha value is 1.81. The van der Waals surface area contributed by atoms with E-state index in [0.29, 0.717) is 0 Å². The van der Waals surface area contributed by atoms with Crippen molar-refractivity contribution in [3.63, 3.8) is 0 Å². The van der Waals surface area contributed by atoms with Gasteiger partial charge in [-0.1, -0.05) is 0 Å². The van der Waals surface area contributed by atoms with Crippen LogP contribution in [-0.2, 0) is 0 Å². The van der Waals surface area contributed by atoms with Crippen molar-refractivity contribution in [3.8, 4) is 0 Å². The van der Waals surface area contributed by atoms with Crippen LogP contribution in [0.5, 0.6) is 0 Å². The van der Waals surface area contributed by atoms with Gasteiger partial charge in [0.05, 0.1) is 0 Å². The van der Waals surface area contributed by atoms with E-state index < -0.39 is 0 Å². The molecular formula is C7H15Rb. The monoisotopic (exact) mass is 184 g/mol. The number of unbranched alkanes of at least 4 members (excludes halogenated alkanes) is 4. The molecule has 0 radical (unpaired) electrons. The zero-order valence-electron chi connectivity index (χ0n) is 6.24. The Labute approximate surface area is 92.1 Å². The molecule has 0 rings (SSSR count). The number of rotatable bonds is 5. The first-order valence-electron chi connectivity index (χ1n) is 3.91. The molecule has 0 aromatic rings. The molecule has 1 heteroatoms. The van der Waals surface area contributed by atoms with E-state index in [2.05, 4.69) is 6.92 Å². The SMILES string of the molecule is CCCCCC[CH2][Rb]. The summed E-state index contributed by atoms with van der Waals surface area (Å²) < 4.78 is 1.57. The van der Waals surface area contributed by atoms with Gasteiger partial charge in [-0.3, -0.25) is 0 Å². The third-order valence-corrected chi connectivity index (χ3v) is 3.20. The normalized spacial score (nSPS) is 9.88. The summed E-state index contributed by atoms with van der Waals surface area (Å²) in [5.74, 6) is 0. The minimum atomic E-state index is 0.973. The topological polar surface area (TPSA) is 0 Å². The fraction of sp³-hybridized carbons (Fsp3) is 1.00. The van der Waals surface area contributed by atoms with E-state index in [1.54, 1.807) is -0.511 Å². The summed E-state index contributed by atoms with van der Waals surface area (Å²) in [5, 5.41) is 0. The van der Waals surface area contributed by atoms with E-state index in [4.69, 9.17) is 0 Å². The Morgan fingerprint density at radius 1 is 1.00 bits per heavy atom. The maximum atomic E-state index is 2.27. The summed E-state index contributed by atoms with van der Waals surface area (Å²) in [7, 11) is 0. The summed E-state index contributed by atoms with van der Waals surface area (Å²) in [6, 6.07) is 0. The third kappa shape index (κ3) is 7.81. The fourth-order valence-electron chi connectivity index (χ4n) is 0.854. The molecule has 0 fully saturated rings. The Morgan fingerprint density at radius 3 is 2.12 bits per heavy atom. The van der Waals surface area contributed by atoms with Crippen molar-refractivity contribution in [2.75, 3.05) is 0 Å². The minimum absolute atomic E-state index is 0.973. The third-order valence-electron chi connectivity index (χ3n) is 1.46. The van der Waals surface area contributed by atoms with Crippen LogP contribution in [0.25, 0.3) is 0 Å². The Morgan fingerprint density at radius 2 is 1.62 bits per heavy atom. The van der Waals surface area contributed by atoms with Gasteiger partial charge in [0.1, 0.15) is 0 Å². The van der Waals surface area contributed by atoms with Gasteiger partial charge in [0.2, 0.25) is 0 Å². The van der Waals surface area contributed by atoms with E-state index in [1.807, 2.05) is 0 Å². The van der Waals surface area contributed by atoms with Crippen molar-refractivity contribution in [1.29, 1.82) is 0 Å². The van der Waals surface area contributed by atoms with Gasteiger partial charge in [-0.15, -0.1) is 0 Å². The predicted molar refractivity (Wildman–Crippen MR) is 39.3 cm³/mol. The molecule has 0 saturated heterocycles. The summed E-state index contributed by atoms with van der Waals surface area (Å²) in [5.41, 5.74) is 0. The van der Waals surface area contributed by atoms with Crippen molar-refractivity contribution in [3.05, 3.63) is 0 Å². The van der Waals surface area contributed by atoms with Crippen molar-refractivity contribution < 1.29 is 0 Å². The van der Waals surface area contributed by atoms with Crippen LogP contribution >= 0.6 is 0 Å². The summed E-state index contributed by atoms with van der Waals surface area (Å²) in [6.45, 7) is 2.27. The second-order valence-corrected chi connectivity index (χ2v) is 4.87. The number of hydrogen-bond acceptors (Lipinski definition) is 0. The van der Waals surface area contributed by atoms with Gasteiger partial charge < -0.3 is 0 Å². The fourth-order valence-corrected chi connectivity index (χ4v) is 2.08. The first-order chi connectivity index (χ1) is 3.91. The maximum absolute atomic E-state index is 2.27. The van der Waals surface area contributed by atoms with Crippen molar-refractivity contribution >= 4 is 55.5 Å². The zero-order valence-corrected chi connectivity index (χ0v) is 11.2. The quantitative estimate of drug-likeness (QED) is 0.577. The van der Waals surface area contributed by atoms with Gasteiger partial charge >= 0.3 is 94.1 Å². The molecule has 0 amide bonds. The van der Waals surface area contributed by atoms with Gasteiger partial charge in [0, 0.05) is 0 Å². The Balaban J connectivity index is 2.53. The van der Waals surface area contributed by atoms with Crippen LogP contribution in [0.15, 0.2) is 0 Å². The summed E-state index contributed by atoms with van der Waals surface area (Å²) in [6.07, 6.45) is 7.34. The second-order valence-electron chi connectivity index (χ2n) is 2.41. The second kappa shape index (κ2) is 8.81. The van der Waals surface area contributed by atoms with E-state index in [1.165, 1.54) is 32.1 Å². The molecule has 0 aromatic heterocycles. The molecule has 0 bridgehead atoms. The average molecular weight is 185 g/mol. The molecular weight excluding hydrogens is 170 g/mol. The van der Waals surface area contributed by atoms with Crippen molar-refractivity contribution in [2.24, 2.45) is 0 Å². The van der Waals surface area contributed by atoms with Crippen molar-refractivity contribution in [2.45, 2.75) is 38.5 Å². The van der Waals surface area contributed by atoms with Crippen LogP contribution < -0.4 is 0 Å². The van der Waals surface area contributed by atoms with Crippen LogP contribution in [0.3, 0.4) is 0 Å². The molecule has 0 aliphatic rings. The molecule has 0 unspecified atom stereocenters. The molecule has 0 N–H and O–H groups in total. The first kappa shape index (κ1) is 9.81. The summed E-state index contributed by atoms with van der Waals surface area (Å²) in [4.78, 5) is 0. The molecule has 44 valence electrons. The molecule has 0 nitrogen and oxygen atoms in total. The molecule has 0 heterocycles. The average Bonchev–Trinajstić information content (AvgIpc) is 1.81. The Bertz CT molecular complexity index is 29.4. The Kier molecular flexibility index (Phi) is 10.8. The predicted octanol–water partition coefficient (Wildman–Crippen LogP) is 2.54. The van der Waals surface area contributed by atoms with E-state index in [0.717, 1.165) is 55.5 Å². The molecule has 0 atom stereocenters. The van der Waals surface area contributed by atoms with Gasteiger partial charge in [-0.25, -0.2) is 0 Å². The van der Waals surface area contributed by atoms with Crippen LogP contribution in [0.1, 0.15) is 39.0 Å². The zero-order chi connectivity index (χ0) is 6.24. The molecule has 0 aliphatic heterocycles. The first-order valence-corrected chi connectivity index (χ1v) is 7.39. The molecule has 0 aromatic carbocycles. The van der Waals surface area contributed by atoms with E-state index >= 15 is 0 Å². The van der Waals surface area contributed by atoms with Crippen LogP contribution in [0.4, 0.5) is 0 Å². The molecule has 8 heavy (non-hydrogen) atoms. The van der Waals surface area contributed by atoms with Crippen LogP contribution in [-0.4, -0.2) is 55.5 Å². The molecule has 0 saturated carbocycles. The van der Waals surface area contributed by atoms with Gasteiger partial charge in [0.25, 0.3) is 0 Å². The van der Waals surface area contributed by atoms with E-state index in [-0.39, 0.29) is 0 Å². The standard InChI is InChI=1S/C7H15.Rb/c1-3-5-7-6-4-2;/h1,3-7H2,2H3;. The molecule has 0 spiro atoms. The van der Waals surface area contributed by atoms with Gasteiger partial charge in [0.15, 0.2) is 0 Å². The molecule has 0 aliphatic carbocycles.